The summed E-state index contributed by atoms with van der Waals surface area (Å²) in [4.78, 5) is 0.0311. The summed E-state index contributed by atoms with van der Waals surface area (Å²) in [5.74, 6) is 0.201. The van der Waals surface area contributed by atoms with Crippen LogP contribution in [-0.4, -0.2) is 15.5 Å². The van der Waals surface area contributed by atoms with Crippen LogP contribution in [0.4, 0.5) is 0 Å². The molecule has 5 nitrogen and oxygen atoms in total. The van der Waals surface area contributed by atoms with Crippen molar-refractivity contribution in [2.45, 2.75) is 4.90 Å². The first-order chi connectivity index (χ1) is 12.5. The Morgan fingerprint density at radius 3 is 2.12 bits per heavy atom. The van der Waals surface area contributed by atoms with E-state index in [1.54, 1.807) is 12.1 Å². The minimum atomic E-state index is -4.03. The van der Waals surface area contributed by atoms with Crippen LogP contribution in [0, 0.1) is 11.3 Å². The van der Waals surface area contributed by atoms with E-state index in [1.807, 2.05) is 36.4 Å². The molecule has 0 unspecified atom stereocenters. The predicted octanol–water partition coefficient (Wildman–Crippen LogP) is 4.00. The van der Waals surface area contributed by atoms with E-state index in [1.165, 1.54) is 37.4 Å². The maximum atomic E-state index is 12.5. The second-order valence-electron chi connectivity index (χ2n) is 5.41. The summed E-state index contributed by atoms with van der Waals surface area (Å²) >= 11 is 0. The Morgan fingerprint density at radius 2 is 1.50 bits per heavy atom. The highest BCUT2D eigenvalue weighted by atomic mass is 32.2. The van der Waals surface area contributed by atoms with Crippen molar-refractivity contribution in [1.82, 2.24) is 0 Å². The molecule has 130 valence electrons. The van der Waals surface area contributed by atoms with Crippen molar-refractivity contribution < 1.29 is 17.3 Å². The molecular weight excluding hydrogens is 350 g/mol. The largest absolute Gasteiger partial charge is 0.493 e. The number of hydrogen-bond acceptors (Lipinski definition) is 5. The Morgan fingerprint density at radius 1 is 0.846 bits per heavy atom. The van der Waals surface area contributed by atoms with E-state index < -0.39 is 10.1 Å². The van der Waals surface area contributed by atoms with Gasteiger partial charge in [-0.3, -0.25) is 0 Å². The Kier molecular flexibility index (Phi) is 4.92. The summed E-state index contributed by atoms with van der Waals surface area (Å²) in [5, 5.41) is 8.91. The lowest BCUT2D eigenvalue weighted by Crippen LogP contribution is -2.10. The fourth-order valence-electron chi connectivity index (χ4n) is 2.42. The summed E-state index contributed by atoms with van der Waals surface area (Å²) in [6, 6.07) is 22.3. The zero-order valence-electron chi connectivity index (χ0n) is 13.9. The van der Waals surface area contributed by atoms with Crippen molar-refractivity contribution in [3.8, 4) is 28.7 Å². The van der Waals surface area contributed by atoms with Crippen molar-refractivity contribution in [2.24, 2.45) is 0 Å². The smallest absolute Gasteiger partial charge is 0.339 e. The molecule has 0 N–H and O–H groups in total. The topological polar surface area (TPSA) is 76.4 Å². The Balaban J connectivity index is 1.88. The van der Waals surface area contributed by atoms with Gasteiger partial charge in [0.2, 0.25) is 0 Å². The van der Waals surface area contributed by atoms with Gasteiger partial charge in [-0.15, -0.1) is 0 Å². The minimum Gasteiger partial charge on any atom is -0.493 e. The highest BCUT2D eigenvalue weighted by molar-refractivity contribution is 7.87. The molecule has 0 fully saturated rings. The van der Waals surface area contributed by atoms with E-state index in [4.69, 9.17) is 14.2 Å². The molecule has 0 aliphatic heterocycles. The van der Waals surface area contributed by atoms with Crippen LogP contribution < -0.4 is 8.92 Å². The molecular formula is C20H15NO4S. The lowest BCUT2D eigenvalue weighted by molar-refractivity contribution is 0.390. The first-order valence-electron chi connectivity index (χ1n) is 7.71. The summed E-state index contributed by atoms with van der Waals surface area (Å²) in [7, 11) is -2.65. The Labute approximate surface area is 152 Å². The quantitative estimate of drug-likeness (QED) is 0.639. The molecule has 0 aliphatic rings. The third kappa shape index (κ3) is 3.68. The third-order valence-electron chi connectivity index (χ3n) is 3.74. The SMILES string of the molecule is COc1cc(C#N)ccc1OS(=O)(=O)c1ccc(-c2ccccc2)cc1. The molecule has 0 radical (unpaired) electrons. The van der Waals surface area contributed by atoms with Gasteiger partial charge in [-0.1, -0.05) is 42.5 Å². The molecule has 0 atom stereocenters. The second-order valence-corrected chi connectivity index (χ2v) is 6.95. The number of nitrogens with zero attached hydrogens (tertiary/aromatic N) is 1. The monoisotopic (exact) mass is 365 g/mol. The molecule has 3 aromatic rings. The number of benzene rings is 3. The van der Waals surface area contributed by atoms with Crippen LogP contribution in [0.25, 0.3) is 11.1 Å². The normalized spacial score (nSPS) is 10.8. The average Bonchev–Trinajstić information content (AvgIpc) is 2.69. The molecule has 26 heavy (non-hydrogen) atoms. The van der Waals surface area contributed by atoms with Crippen LogP contribution in [-0.2, 0) is 10.1 Å². The van der Waals surface area contributed by atoms with Gasteiger partial charge in [0.25, 0.3) is 0 Å². The van der Waals surface area contributed by atoms with Gasteiger partial charge in [-0.05, 0) is 35.4 Å². The zero-order valence-corrected chi connectivity index (χ0v) is 14.7. The molecule has 0 aliphatic carbocycles. The average molecular weight is 365 g/mol. The molecule has 3 aromatic carbocycles. The zero-order chi connectivity index (χ0) is 18.6. The van der Waals surface area contributed by atoms with Gasteiger partial charge in [0, 0.05) is 6.07 Å². The second kappa shape index (κ2) is 7.30. The van der Waals surface area contributed by atoms with Gasteiger partial charge in [-0.2, -0.15) is 13.7 Å². The summed E-state index contributed by atoms with van der Waals surface area (Å²) in [6.45, 7) is 0. The van der Waals surface area contributed by atoms with Crippen LogP contribution >= 0.6 is 0 Å². The number of methoxy groups -OCH3 is 1. The first kappa shape index (κ1) is 17.5. The molecule has 0 aromatic heterocycles. The molecule has 0 heterocycles. The lowest BCUT2D eigenvalue weighted by Gasteiger charge is -2.11. The van der Waals surface area contributed by atoms with E-state index in [-0.39, 0.29) is 16.4 Å². The minimum absolute atomic E-state index is 0.0265. The first-order valence-corrected chi connectivity index (χ1v) is 9.12. The van der Waals surface area contributed by atoms with Crippen LogP contribution in [0.15, 0.2) is 77.7 Å². The molecule has 6 heteroatoms. The lowest BCUT2D eigenvalue weighted by atomic mass is 10.1. The van der Waals surface area contributed by atoms with Crippen LogP contribution in [0.2, 0.25) is 0 Å². The standard InChI is InChI=1S/C20H15NO4S/c1-24-20-13-15(14-21)7-12-19(20)25-26(22,23)18-10-8-17(9-11-18)16-5-3-2-4-6-16/h2-13H,1H3. The van der Waals surface area contributed by atoms with Gasteiger partial charge >= 0.3 is 10.1 Å². The van der Waals surface area contributed by atoms with E-state index in [2.05, 4.69) is 0 Å². The molecule has 0 saturated heterocycles. The number of hydrogen-bond donors (Lipinski definition) is 0. The molecule has 0 amide bonds. The number of rotatable bonds is 5. The van der Waals surface area contributed by atoms with E-state index in [0.29, 0.717) is 5.56 Å². The van der Waals surface area contributed by atoms with Crippen LogP contribution in [0.3, 0.4) is 0 Å². The maximum Gasteiger partial charge on any atom is 0.339 e. The van der Waals surface area contributed by atoms with E-state index in [0.717, 1.165) is 11.1 Å². The van der Waals surface area contributed by atoms with E-state index >= 15 is 0 Å². The highest BCUT2D eigenvalue weighted by Gasteiger charge is 2.19. The third-order valence-corrected chi connectivity index (χ3v) is 4.99. The fourth-order valence-corrected chi connectivity index (χ4v) is 3.36. The number of nitriles is 1. The molecule has 0 spiro atoms. The molecule has 0 bridgehead atoms. The van der Waals surface area contributed by atoms with Crippen molar-refractivity contribution in [1.29, 1.82) is 5.26 Å². The van der Waals surface area contributed by atoms with E-state index in [9.17, 15) is 8.42 Å². The van der Waals surface area contributed by atoms with Crippen molar-refractivity contribution in [3.05, 3.63) is 78.4 Å². The summed E-state index contributed by atoms with van der Waals surface area (Å²) in [6.07, 6.45) is 0. The highest BCUT2D eigenvalue weighted by Crippen LogP contribution is 2.31. The molecule has 0 saturated carbocycles. The van der Waals surface area contributed by atoms with Gasteiger partial charge < -0.3 is 8.92 Å². The summed E-state index contributed by atoms with van der Waals surface area (Å²) < 4.78 is 35.4. The van der Waals surface area contributed by atoms with Gasteiger partial charge in [-0.25, -0.2) is 0 Å². The van der Waals surface area contributed by atoms with Crippen molar-refractivity contribution in [3.63, 3.8) is 0 Å². The fraction of sp³-hybridized carbons (Fsp3) is 0.0500. The van der Waals surface area contributed by atoms with Crippen LogP contribution in [0.1, 0.15) is 5.56 Å². The van der Waals surface area contributed by atoms with Gasteiger partial charge in [0.05, 0.1) is 18.7 Å². The maximum absolute atomic E-state index is 12.5. The summed E-state index contributed by atoms with van der Waals surface area (Å²) in [5.41, 5.74) is 2.24. The van der Waals surface area contributed by atoms with Crippen LogP contribution in [0.5, 0.6) is 11.5 Å². The van der Waals surface area contributed by atoms with Crippen molar-refractivity contribution >= 4 is 10.1 Å². The molecule has 3 rings (SSSR count). The van der Waals surface area contributed by atoms with Crippen molar-refractivity contribution in [2.75, 3.05) is 7.11 Å². The van der Waals surface area contributed by atoms with Gasteiger partial charge in [0.15, 0.2) is 11.5 Å². The van der Waals surface area contributed by atoms with Gasteiger partial charge in [0.1, 0.15) is 4.90 Å². The number of ether oxygens (including phenoxy) is 1. The Bertz CT molecular complexity index is 1050. The Hall–Kier alpha value is -3.30. The predicted molar refractivity (Wildman–Crippen MR) is 97.4 cm³/mol.